The Morgan fingerprint density at radius 2 is 0.837 bits per heavy atom. The molecule has 0 fully saturated rings. The number of rotatable bonds is 40. The van der Waals surface area contributed by atoms with E-state index in [4.69, 9.17) is 0 Å². The van der Waals surface area contributed by atoms with Crippen LogP contribution in [0.15, 0.2) is 0 Å². The van der Waals surface area contributed by atoms with Crippen molar-refractivity contribution in [3.05, 3.63) is 0 Å². The first-order valence-corrected chi connectivity index (χ1v) is 22.9. The Labute approximate surface area is 308 Å². The number of carbonyl (C=O) groups is 1. The summed E-state index contributed by atoms with van der Waals surface area (Å²) in [6.07, 6.45) is 53.9. The topological polar surface area (TPSA) is 44.1 Å². The summed E-state index contributed by atoms with van der Waals surface area (Å²) < 4.78 is 2.43. The van der Waals surface area contributed by atoms with Crippen molar-refractivity contribution in [3.63, 3.8) is 0 Å². The quantitative estimate of drug-likeness (QED) is 0.0497. The van der Waals surface area contributed by atoms with Gasteiger partial charge in [0.25, 0.3) is 0 Å². The van der Waals surface area contributed by atoms with Gasteiger partial charge < -0.3 is 5.32 Å². The van der Waals surface area contributed by atoms with Crippen LogP contribution in [0, 0.1) is 0 Å². The third kappa shape index (κ3) is 32.7. The fraction of sp³-hybridized carbons (Fsp3) is 0.956. The second-order valence-corrected chi connectivity index (χ2v) is 15.9. The Balaban J connectivity index is 1.81. The van der Waals surface area contributed by atoms with Crippen molar-refractivity contribution in [2.75, 3.05) is 19.6 Å². The molecule has 4 heteroatoms. The molecule has 1 atom stereocenters. The van der Waals surface area contributed by atoms with E-state index in [-0.39, 0.29) is 5.91 Å². The monoisotopic (exact) mass is 689 g/mol. The minimum atomic E-state index is 0.243. The van der Waals surface area contributed by atoms with E-state index in [2.05, 4.69) is 35.3 Å². The molecule has 0 saturated heterocycles. The largest absolute Gasteiger partial charge is 0.350 e. The van der Waals surface area contributed by atoms with Gasteiger partial charge in [-0.15, -0.1) is 0 Å². The Morgan fingerprint density at radius 3 is 1.20 bits per heavy atom. The Hall–Kier alpha value is -0.900. The molecule has 1 unspecified atom stereocenters. The predicted octanol–water partition coefficient (Wildman–Crippen LogP) is 13.6. The highest BCUT2D eigenvalue weighted by atomic mass is 16.1. The van der Waals surface area contributed by atoms with E-state index < -0.39 is 0 Å². The number of unbranched alkanes of at least 4 members (excludes halogenated alkanes) is 33. The first-order valence-electron chi connectivity index (χ1n) is 22.9. The summed E-state index contributed by atoms with van der Waals surface area (Å²) in [5.74, 6) is 0.243. The lowest BCUT2D eigenvalue weighted by Crippen LogP contribution is -2.37. The predicted molar refractivity (Wildman–Crippen MR) is 218 cm³/mol. The van der Waals surface area contributed by atoms with Crippen molar-refractivity contribution in [2.45, 2.75) is 258 Å². The van der Waals surface area contributed by atoms with Crippen molar-refractivity contribution in [1.29, 1.82) is 0 Å². The Kier molecular flexibility index (Phi) is 36.1. The molecule has 0 bridgehead atoms. The second kappa shape index (κ2) is 38.3. The van der Waals surface area contributed by atoms with Crippen LogP contribution in [0.1, 0.15) is 251 Å². The van der Waals surface area contributed by atoms with Gasteiger partial charge >= 0.3 is 0 Å². The Morgan fingerprint density at radius 1 is 0.510 bits per heavy atom. The van der Waals surface area contributed by atoms with E-state index in [1.165, 1.54) is 225 Å². The zero-order valence-corrected chi connectivity index (χ0v) is 33.8. The van der Waals surface area contributed by atoms with Crippen molar-refractivity contribution in [1.82, 2.24) is 10.6 Å². The van der Waals surface area contributed by atoms with Crippen molar-refractivity contribution < 1.29 is 9.37 Å². The van der Waals surface area contributed by atoms with E-state index in [0.717, 1.165) is 26.1 Å². The molecule has 1 amide bonds. The summed E-state index contributed by atoms with van der Waals surface area (Å²) in [7, 11) is 0. The van der Waals surface area contributed by atoms with Gasteiger partial charge in [0.2, 0.25) is 12.1 Å². The average Bonchev–Trinajstić information content (AvgIpc) is 3.56. The molecule has 0 spiro atoms. The van der Waals surface area contributed by atoms with Gasteiger partial charge in [-0.25, -0.2) is 9.89 Å². The number of hydrogen-bond donors (Lipinski definition) is 2. The summed E-state index contributed by atoms with van der Waals surface area (Å²) in [6, 6.07) is 0. The number of carbonyl (C=O) groups excluding carboxylic acids is 1. The smallest absolute Gasteiger partial charge is 0.220 e. The van der Waals surface area contributed by atoms with Crippen LogP contribution in [0.5, 0.6) is 0 Å². The standard InChI is InChI=1S/C45H89N3O/c1-3-5-7-9-11-13-15-17-19-21-22-23-24-26-28-30-32-34-36-38-44-46-40-42-48(44)43-41-47-45(49)39-37-35-33-31-29-27-25-20-18-16-14-12-10-8-6-4-2/h42,44,46H,3-41,43H2,1-2H3/p+1. The van der Waals surface area contributed by atoms with Crippen LogP contribution in [0.4, 0.5) is 0 Å². The maximum atomic E-state index is 12.4. The number of nitrogens with zero attached hydrogens (tertiary/aromatic N) is 1. The Bertz CT molecular complexity index is 707. The third-order valence-electron chi connectivity index (χ3n) is 11.1. The van der Waals surface area contributed by atoms with Gasteiger partial charge in [-0.05, 0) is 12.8 Å². The second-order valence-electron chi connectivity index (χ2n) is 15.9. The highest BCUT2D eigenvalue weighted by Crippen LogP contribution is 2.16. The normalized spacial score (nSPS) is 14.5. The molecular weight excluding hydrogens is 599 g/mol. The van der Waals surface area contributed by atoms with Crippen molar-refractivity contribution in [3.8, 4) is 0 Å². The van der Waals surface area contributed by atoms with Crippen LogP contribution in [0.25, 0.3) is 0 Å². The van der Waals surface area contributed by atoms with Gasteiger partial charge in [0.1, 0.15) is 0 Å². The van der Waals surface area contributed by atoms with Crippen molar-refractivity contribution >= 4 is 12.1 Å². The van der Waals surface area contributed by atoms with E-state index in [1.807, 2.05) is 0 Å². The summed E-state index contributed by atoms with van der Waals surface area (Å²) in [5.41, 5.74) is 0. The lowest BCUT2D eigenvalue weighted by molar-refractivity contribution is -0.558. The zero-order chi connectivity index (χ0) is 35.1. The van der Waals surface area contributed by atoms with Gasteiger partial charge in [0.15, 0.2) is 12.8 Å². The highest BCUT2D eigenvalue weighted by Gasteiger charge is 2.24. The average molecular weight is 689 g/mol. The van der Waals surface area contributed by atoms with Crippen LogP contribution in [-0.2, 0) is 4.79 Å². The number of hydrogen-bond acceptors (Lipinski definition) is 2. The summed E-state index contributed by atoms with van der Waals surface area (Å²) in [4.78, 5) is 12.4. The molecule has 0 aromatic heterocycles. The number of amides is 1. The van der Waals surface area contributed by atoms with E-state index in [0.29, 0.717) is 12.6 Å². The van der Waals surface area contributed by atoms with Gasteiger partial charge in [0.05, 0.1) is 13.1 Å². The third-order valence-corrected chi connectivity index (χ3v) is 11.1. The van der Waals surface area contributed by atoms with Gasteiger partial charge in [-0.1, -0.05) is 226 Å². The van der Waals surface area contributed by atoms with Crippen molar-refractivity contribution in [2.24, 2.45) is 0 Å². The zero-order valence-electron chi connectivity index (χ0n) is 33.8. The van der Waals surface area contributed by atoms with Crippen LogP contribution in [-0.4, -0.2) is 42.5 Å². The maximum Gasteiger partial charge on any atom is 0.220 e. The van der Waals surface area contributed by atoms with Gasteiger partial charge in [0, 0.05) is 12.8 Å². The van der Waals surface area contributed by atoms with E-state index in [1.54, 1.807) is 0 Å². The molecule has 4 nitrogen and oxygen atoms in total. The van der Waals surface area contributed by atoms with Crippen LogP contribution >= 0.6 is 0 Å². The lowest BCUT2D eigenvalue weighted by Gasteiger charge is -2.12. The fourth-order valence-corrected chi connectivity index (χ4v) is 7.73. The highest BCUT2D eigenvalue weighted by molar-refractivity contribution is 5.75. The summed E-state index contributed by atoms with van der Waals surface area (Å²) in [6.45, 7) is 7.27. The molecule has 290 valence electrons. The molecule has 0 aromatic carbocycles. The molecule has 49 heavy (non-hydrogen) atoms. The molecule has 2 N–H and O–H groups in total. The van der Waals surface area contributed by atoms with E-state index in [9.17, 15) is 4.79 Å². The first kappa shape index (κ1) is 46.1. The minimum Gasteiger partial charge on any atom is -0.350 e. The first-order chi connectivity index (χ1) is 24.3. The summed E-state index contributed by atoms with van der Waals surface area (Å²) >= 11 is 0. The van der Waals surface area contributed by atoms with Gasteiger partial charge in [-0.3, -0.25) is 4.79 Å². The molecule has 1 heterocycles. The van der Waals surface area contributed by atoms with Gasteiger partial charge in [-0.2, -0.15) is 0 Å². The molecule has 0 aliphatic carbocycles. The van der Waals surface area contributed by atoms with E-state index >= 15 is 0 Å². The SMILES string of the molecule is CCCCCCCCCCCCCCCCCCCCCC1NCC=[N+]1CCNC(=O)CCCCCCCCCCCCCCCCCC. The fourth-order valence-electron chi connectivity index (χ4n) is 7.73. The number of nitrogens with one attached hydrogen (secondary N) is 2. The molecular formula is C45H90N3O+. The van der Waals surface area contributed by atoms with Crippen LogP contribution < -0.4 is 10.6 Å². The summed E-state index contributed by atoms with van der Waals surface area (Å²) in [5, 5.41) is 6.83. The molecule has 0 aromatic rings. The molecule has 1 rings (SSSR count). The maximum absolute atomic E-state index is 12.4. The molecule has 0 saturated carbocycles. The molecule has 0 radical (unpaired) electrons. The van der Waals surface area contributed by atoms with Crippen LogP contribution in [0.3, 0.4) is 0 Å². The van der Waals surface area contributed by atoms with Crippen LogP contribution in [0.2, 0.25) is 0 Å². The molecule has 1 aliphatic heterocycles. The minimum absolute atomic E-state index is 0.243. The lowest BCUT2D eigenvalue weighted by atomic mass is 10.0. The molecule has 1 aliphatic rings.